The highest BCUT2D eigenvalue weighted by molar-refractivity contribution is 7.80. The first-order valence-corrected chi connectivity index (χ1v) is 6.54. The first kappa shape index (κ1) is 11.7. The molecule has 0 radical (unpaired) electrons. The maximum atomic E-state index is 11.9. The van der Waals surface area contributed by atoms with Crippen molar-refractivity contribution in [3.05, 3.63) is 35.4 Å². The smallest absolute Gasteiger partial charge is 0.243 e. The third-order valence-electron chi connectivity index (χ3n) is 3.61. The molecular weight excluding hydrogens is 248 g/mol. The van der Waals surface area contributed by atoms with Crippen molar-refractivity contribution in [3.63, 3.8) is 0 Å². The number of hydrogen-bond acceptors (Lipinski definition) is 4. The van der Waals surface area contributed by atoms with Crippen LogP contribution < -0.4 is 5.32 Å². The van der Waals surface area contributed by atoms with Crippen LogP contribution in [-0.2, 0) is 16.1 Å². The van der Waals surface area contributed by atoms with E-state index in [2.05, 4.69) is 28.9 Å². The van der Waals surface area contributed by atoms with Crippen molar-refractivity contribution in [1.29, 1.82) is 0 Å². The number of carbonyl (C=O) groups is 2. The van der Waals surface area contributed by atoms with Gasteiger partial charge in [0.15, 0.2) is 0 Å². The van der Waals surface area contributed by atoms with Gasteiger partial charge in [-0.2, -0.15) is 12.6 Å². The van der Waals surface area contributed by atoms with Crippen molar-refractivity contribution < 1.29 is 9.59 Å². The molecule has 2 aliphatic rings. The summed E-state index contributed by atoms with van der Waals surface area (Å²) in [6.07, 6.45) is 0.986. The van der Waals surface area contributed by atoms with E-state index in [0.717, 1.165) is 12.1 Å². The van der Waals surface area contributed by atoms with Crippen LogP contribution >= 0.6 is 12.6 Å². The first-order valence-electron chi connectivity index (χ1n) is 6.02. The van der Waals surface area contributed by atoms with Gasteiger partial charge in [-0.25, -0.2) is 0 Å². The zero-order valence-corrected chi connectivity index (χ0v) is 10.7. The number of nitrogens with one attached hydrogen (secondary N) is 1. The molecule has 0 aromatic heterocycles. The van der Waals surface area contributed by atoms with Crippen LogP contribution in [0, 0.1) is 0 Å². The molecule has 4 nitrogen and oxygen atoms in total. The number of imide groups is 1. The maximum absolute atomic E-state index is 11.9. The second kappa shape index (κ2) is 4.40. The molecule has 2 amide bonds. The van der Waals surface area contributed by atoms with Crippen molar-refractivity contribution in [1.82, 2.24) is 10.2 Å². The lowest BCUT2D eigenvalue weighted by Crippen LogP contribution is -2.51. The number of nitrogens with zero attached hydrogens (tertiary/aromatic N) is 1. The monoisotopic (exact) mass is 262 g/mol. The Balaban J connectivity index is 1.84. The Hall–Kier alpha value is -1.33. The average Bonchev–Trinajstić information content (AvgIpc) is 2.68. The molecule has 1 aromatic rings. The Morgan fingerprint density at radius 1 is 1.28 bits per heavy atom. The Morgan fingerprint density at radius 2 is 2.06 bits per heavy atom. The molecule has 2 atom stereocenters. The van der Waals surface area contributed by atoms with Gasteiger partial charge in [-0.3, -0.25) is 19.8 Å². The molecule has 0 spiro atoms. The lowest BCUT2D eigenvalue weighted by atomic mass is 10.0. The number of piperidine rings is 1. The zero-order chi connectivity index (χ0) is 12.7. The topological polar surface area (TPSA) is 49.4 Å². The quantitative estimate of drug-likeness (QED) is 0.591. The zero-order valence-electron chi connectivity index (χ0n) is 9.80. The molecule has 2 heterocycles. The normalized spacial score (nSPS) is 28.1. The standard InChI is InChI=1S/C13H14N2O2S/c16-11-6-5-10(12(17)14-11)15-7-8-3-1-2-4-9(8)13(15)18/h1-4,10,13,18H,5-7H2,(H,14,16,17). The lowest BCUT2D eigenvalue weighted by molar-refractivity contribution is -0.137. The van der Waals surface area contributed by atoms with E-state index in [9.17, 15) is 9.59 Å². The molecule has 94 valence electrons. The maximum Gasteiger partial charge on any atom is 0.243 e. The van der Waals surface area contributed by atoms with Crippen molar-refractivity contribution in [3.8, 4) is 0 Å². The van der Waals surface area contributed by atoms with Crippen LogP contribution in [0.15, 0.2) is 24.3 Å². The van der Waals surface area contributed by atoms with E-state index in [4.69, 9.17) is 0 Å². The molecule has 1 saturated heterocycles. The largest absolute Gasteiger partial charge is 0.295 e. The van der Waals surface area contributed by atoms with Gasteiger partial charge in [-0.15, -0.1) is 0 Å². The highest BCUT2D eigenvalue weighted by Crippen LogP contribution is 2.38. The van der Waals surface area contributed by atoms with Gasteiger partial charge in [-0.1, -0.05) is 24.3 Å². The predicted molar refractivity (Wildman–Crippen MR) is 69.9 cm³/mol. The molecule has 1 aromatic carbocycles. The second-order valence-corrected chi connectivity index (χ2v) is 5.20. The molecule has 0 aliphatic carbocycles. The number of rotatable bonds is 1. The molecule has 0 bridgehead atoms. The van der Waals surface area contributed by atoms with Gasteiger partial charge in [0.1, 0.15) is 0 Å². The van der Waals surface area contributed by atoms with Crippen molar-refractivity contribution >= 4 is 24.4 Å². The van der Waals surface area contributed by atoms with Gasteiger partial charge in [0, 0.05) is 13.0 Å². The number of carbonyl (C=O) groups excluding carboxylic acids is 2. The van der Waals surface area contributed by atoms with Crippen LogP contribution in [0.1, 0.15) is 29.3 Å². The highest BCUT2D eigenvalue weighted by atomic mass is 32.1. The fourth-order valence-electron chi connectivity index (χ4n) is 2.67. The van der Waals surface area contributed by atoms with E-state index in [1.807, 2.05) is 18.2 Å². The fraction of sp³-hybridized carbons (Fsp3) is 0.385. The third kappa shape index (κ3) is 1.83. The Kier molecular flexibility index (Phi) is 2.87. The van der Waals surface area contributed by atoms with Gasteiger partial charge in [0.05, 0.1) is 11.4 Å². The Labute approximate surface area is 111 Å². The third-order valence-corrected chi connectivity index (χ3v) is 4.19. The van der Waals surface area contributed by atoms with Crippen LogP contribution in [0.3, 0.4) is 0 Å². The summed E-state index contributed by atoms with van der Waals surface area (Å²) in [7, 11) is 0. The molecule has 2 aliphatic heterocycles. The number of benzene rings is 1. The van der Waals surface area contributed by atoms with E-state index in [0.29, 0.717) is 12.8 Å². The van der Waals surface area contributed by atoms with Crippen LogP contribution in [-0.4, -0.2) is 22.8 Å². The molecule has 5 heteroatoms. The molecule has 3 rings (SSSR count). The Bertz CT molecular complexity index is 517. The van der Waals surface area contributed by atoms with E-state index >= 15 is 0 Å². The molecule has 1 N–H and O–H groups in total. The second-order valence-electron chi connectivity index (χ2n) is 4.71. The molecule has 0 saturated carbocycles. The van der Waals surface area contributed by atoms with Crippen LogP contribution in [0.25, 0.3) is 0 Å². The minimum Gasteiger partial charge on any atom is -0.295 e. The fourth-order valence-corrected chi connectivity index (χ4v) is 3.17. The first-order chi connectivity index (χ1) is 8.66. The van der Waals surface area contributed by atoms with Crippen LogP contribution in [0.2, 0.25) is 0 Å². The number of amides is 2. The van der Waals surface area contributed by atoms with E-state index in [-0.39, 0.29) is 23.2 Å². The SMILES string of the molecule is O=C1CCC(N2Cc3ccccc3C2S)C(=O)N1. The number of hydrogen-bond donors (Lipinski definition) is 2. The minimum atomic E-state index is -0.252. The van der Waals surface area contributed by atoms with Crippen LogP contribution in [0.4, 0.5) is 0 Å². The molecular formula is C13H14N2O2S. The summed E-state index contributed by atoms with van der Waals surface area (Å²) in [5, 5.41) is 2.34. The van der Waals surface area contributed by atoms with E-state index in [1.54, 1.807) is 0 Å². The van der Waals surface area contributed by atoms with Gasteiger partial charge >= 0.3 is 0 Å². The van der Waals surface area contributed by atoms with Crippen molar-refractivity contribution in [2.75, 3.05) is 0 Å². The van der Waals surface area contributed by atoms with Gasteiger partial charge in [0.2, 0.25) is 11.8 Å². The van der Waals surface area contributed by atoms with Gasteiger partial charge in [-0.05, 0) is 17.5 Å². The molecule has 1 fully saturated rings. The van der Waals surface area contributed by atoms with E-state index < -0.39 is 0 Å². The molecule has 2 unspecified atom stereocenters. The van der Waals surface area contributed by atoms with Crippen molar-refractivity contribution in [2.24, 2.45) is 0 Å². The molecule has 18 heavy (non-hydrogen) atoms. The number of thiol groups is 1. The summed E-state index contributed by atoms with van der Waals surface area (Å²) in [5.74, 6) is -0.373. The summed E-state index contributed by atoms with van der Waals surface area (Å²) in [5.41, 5.74) is 2.37. The summed E-state index contributed by atoms with van der Waals surface area (Å²) in [4.78, 5) is 25.1. The van der Waals surface area contributed by atoms with E-state index in [1.165, 1.54) is 5.56 Å². The highest BCUT2D eigenvalue weighted by Gasteiger charge is 2.38. The predicted octanol–water partition coefficient (Wildman–Crippen LogP) is 1.24. The summed E-state index contributed by atoms with van der Waals surface area (Å²) in [6.45, 7) is 0.719. The minimum absolute atomic E-state index is 0.0647. The number of fused-ring (bicyclic) bond motifs is 1. The Morgan fingerprint density at radius 3 is 2.78 bits per heavy atom. The van der Waals surface area contributed by atoms with Crippen molar-refractivity contribution in [2.45, 2.75) is 30.8 Å². The summed E-state index contributed by atoms with van der Waals surface area (Å²) < 4.78 is 0. The van der Waals surface area contributed by atoms with Crippen LogP contribution in [0.5, 0.6) is 0 Å². The van der Waals surface area contributed by atoms with Gasteiger partial charge in [0.25, 0.3) is 0 Å². The lowest BCUT2D eigenvalue weighted by Gasteiger charge is -2.32. The van der Waals surface area contributed by atoms with Gasteiger partial charge < -0.3 is 0 Å². The summed E-state index contributed by atoms with van der Waals surface area (Å²) in [6, 6.07) is 7.82. The summed E-state index contributed by atoms with van der Waals surface area (Å²) >= 11 is 4.60. The average molecular weight is 262 g/mol.